The lowest BCUT2D eigenvalue weighted by atomic mass is 10.0. The number of anilines is 1. The molecule has 24 heavy (non-hydrogen) atoms. The third kappa shape index (κ3) is 3.04. The largest absolute Gasteiger partial charge is 0.326 e. The Morgan fingerprint density at radius 2 is 1.71 bits per heavy atom. The number of nitrogens with one attached hydrogen (secondary N) is 1. The van der Waals surface area contributed by atoms with Crippen LogP contribution in [0.1, 0.15) is 17.0 Å². The predicted octanol–water partition coefficient (Wildman–Crippen LogP) is 3.42. The molecule has 0 fully saturated rings. The predicted molar refractivity (Wildman–Crippen MR) is 93.7 cm³/mol. The van der Waals surface area contributed by atoms with Gasteiger partial charge in [0.05, 0.1) is 6.42 Å². The molecule has 0 aliphatic carbocycles. The lowest BCUT2D eigenvalue weighted by Crippen LogP contribution is -2.03. The Labute approximate surface area is 140 Å². The zero-order valence-electron chi connectivity index (χ0n) is 13.2. The fourth-order valence-electron chi connectivity index (χ4n) is 2.94. The van der Waals surface area contributed by atoms with Gasteiger partial charge in [0.25, 0.3) is 0 Å². The van der Waals surface area contributed by atoms with Crippen molar-refractivity contribution in [3.8, 4) is 11.1 Å². The molecule has 0 radical (unpaired) electrons. The summed E-state index contributed by atoms with van der Waals surface area (Å²) in [6.07, 6.45) is 5.93. The summed E-state index contributed by atoms with van der Waals surface area (Å²) in [5.74, 6) is 0.898. The Hall–Kier alpha value is -3.01. The molecule has 0 saturated carbocycles. The van der Waals surface area contributed by atoms with E-state index in [1.54, 1.807) is 0 Å². The minimum atomic E-state index is 0.0506. The highest BCUT2D eigenvalue weighted by Gasteiger charge is 2.17. The van der Waals surface area contributed by atoms with Crippen molar-refractivity contribution in [3.63, 3.8) is 0 Å². The molecule has 4 nitrogen and oxygen atoms in total. The van der Waals surface area contributed by atoms with Crippen molar-refractivity contribution in [2.24, 2.45) is 0 Å². The molecular weight excluding hydrogens is 298 g/mol. The van der Waals surface area contributed by atoms with E-state index in [1.165, 1.54) is 5.56 Å². The van der Waals surface area contributed by atoms with Gasteiger partial charge in [-0.15, -0.1) is 0 Å². The van der Waals surface area contributed by atoms with Crippen LogP contribution < -0.4 is 5.32 Å². The van der Waals surface area contributed by atoms with E-state index >= 15 is 0 Å². The summed E-state index contributed by atoms with van der Waals surface area (Å²) in [6.45, 7) is 0. The van der Waals surface area contributed by atoms with Gasteiger partial charge in [0.15, 0.2) is 0 Å². The molecule has 2 aromatic carbocycles. The van der Waals surface area contributed by atoms with E-state index in [0.29, 0.717) is 6.42 Å². The number of hydrogen-bond acceptors (Lipinski definition) is 3. The van der Waals surface area contributed by atoms with Crippen molar-refractivity contribution in [3.05, 3.63) is 77.9 Å². The Morgan fingerprint density at radius 3 is 2.50 bits per heavy atom. The van der Waals surface area contributed by atoms with Crippen LogP contribution in [0.4, 0.5) is 5.69 Å². The molecule has 0 bridgehead atoms. The van der Waals surface area contributed by atoms with Gasteiger partial charge in [-0.2, -0.15) is 0 Å². The number of amides is 1. The smallest absolute Gasteiger partial charge is 0.228 e. The van der Waals surface area contributed by atoms with Gasteiger partial charge in [0.1, 0.15) is 5.82 Å². The van der Waals surface area contributed by atoms with Gasteiger partial charge >= 0.3 is 0 Å². The SMILES string of the molecule is O=C1Cc2cc(-c3cnc(CCc4ccccc4)nc3)ccc2N1. The maximum Gasteiger partial charge on any atom is 0.228 e. The van der Waals surface area contributed by atoms with E-state index < -0.39 is 0 Å². The second kappa shape index (κ2) is 6.24. The van der Waals surface area contributed by atoms with E-state index in [0.717, 1.165) is 41.0 Å². The van der Waals surface area contributed by atoms with Crippen molar-refractivity contribution < 1.29 is 4.79 Å². The first-order valence-corrected chi connectivity index (χ1v) is 8.06. The van der Waals surface area contributed by atoms with Crippen LogP contribution in [0.5, 0.6) is 0 Å². The van der Waals surface area contributed by atoms with Crippen LogP contribution in [0.2, 0.25) is 0 Å². The molecule has 1 amide bonds. The maximum atomic E-state index is 11.4. The Kier molecular flexibility index (Phi) is 3.79. The number of benzene rings is 2. The summed E-state index contributed by atoms with van der Waals surface area (Å²) in [5.41, 5.74) is 5.25. The number of nitrogens with zero attached hydrogens (tertiary/aromatic N) is 2. The first-order chi connectivity index (χ1) is 11.8. The summed E-state index contributed by atoms with van der Waals surface area (Å²) in [7, 11) is 0. The lowest BCUT2D eigenvalue weighted by molar-refractivity contribution is -0.115. The average Bonchev–Trinajstić information content (AvgIpc) is 3.00. The minimum absolute atomic E-state index is 0.0506. The molecule has 0 unspecified atom stereocenters. The van der Waals surface area contributed by atoms with Gasteiger partial charge in [0.2, 0.25) is 5.91 Å². The van der Waals surface area contributed by atoms with Crippen molar-refractivity contribution >= 4 is 11.6 Å². The number of hydrogen-bond donors (Lipinski definition) is 1. The maximum absolute atomic E-state index is 11.4. The summed E-state index contributed by atoms with van der Waals surface area (Å²) in [5, 5.41) is 2.85. The van der Waals surface area contributed by atoms with Crippen molar-refractivity contribution in [1.82, 2.24) is 9.97 Å². The summed E-state index contributed by atoms with van der Waals surface area (Å²) in [4.78, 5) is 20.4. The van der Waals surface area contributed by atoms with E-state index in [9.17, 15) is 4.79 Å². The van der Waals surface area contributed by atoms with Gasteiger partial charge in [-0.3, -0.25) is 4.79 Å². The van der Waals surface area contributed by atoms with Crippen LogP contribution in [0.15, 0.2) is 60.9 Å². The first-order valence-electron chi connectivity index (χ1n) is 8.06. The Morgan fingerprint density at radius 1 is 0.917 bits per heavy atom. The highest BCUT2D eigenvalue weighted by Crippen LogP contribution is 2.28. The van der Waals surface area contributed by atoms with Crippen molar-refractivity contribution in [1.29, 1.82) is 0 Å². The quantitative estimate of drug-likeness (QED) is 0.802. The topological polar surface area (TPSA) is 54.9 Å². The molecule has 1 N–H and O–H groups in total. The van der Waals surface area contributed by atoms with E-state index in [1.807, 2.05) is 48.8 Å². The van der Waals surface area contributed by atoms with Gasteiger partial charge in [-0.1, -0.05) is 36.4 Å². The summed E-state index contributed by atoms with van der Waals surface area (Å²) >= 11 is 0. The zero-order chi connectivity index (χ0) is 16.4. The molecule has 0 atom stereocenters. The number of carbonyl (C=O) groups is 1. The molecule has 0 spiro atoms. The molecule has 0 saturated heterocycles. The second-order valence-electron chi connectivity index (χ2n) is 5.97. The minimum Gasteiger partial charge on any atom is -0.326 e. The summed E-state index contributed by atoms with van der Waals surface area (Å²) < 4.78 is 0. The summed E-state index contributed by atoms with van der Waals surface area (Å²) in [6, 6.07) is 16.3. The van der Waals surface area contributed by atoms with Crippen LogP contribution >= 0.6 is 0 Å². The van der Waals surface area contributed by atoms with Gasteiger partial charge in [-0.25, -0.2) is 9.97 Å². The first kappa shape index (κ1) is 14.6. The number of carbonyl (C=O) groups excluding carboxylic acids is 1. The molecule has 4 rings (SSSR count). The zero-order valence-corrected chi connectivity index (χ0v) is 13.2. The molecule has 1 aliphatic heterocycles. The van der Waals surface area contributed by atoms with Crippen molar-refractivity contribution in [2.75, 3.05) is 5.32 Å². The van der Waals surface area contributed by atoms with Gasteiger partial charge < -0.3 is 5.32 Å². The molecule has 2 heterocycles. The third-order valence-electron chi connectivity index (χ3n) is 4.25. The Balaban J connectivity index is 1.48. The monoisotopic (exact) mass is 315 g/mol. The molecule has 1 aromatic heterocycles. The Bertz CT molecular complexity index is 873. The molecule has 118 valence electrons. The van der Waals surface area contributed by atoms with Crippen LogP contribution in [0.25, 0.3) is 11.1 Å². The fourth-order valence-corrected chi connectivity index (χ4v) is 2.94. The van der Waals surface area contributed by atoms with Crippen LogP contribution in [0.3, 0.4) is 0 Å². The molecule has 4 heteroatoms. The van der Waals surface area contributed by atoms with E-state index in [4.69, 9.17) is 0 Å². The number of rotatable bonds is 4. The fraction of sp³-hybridized carbons (Fsp3) is 0.150. The van der Waals surface area contributed by atoms with Gasteiger partial charge in [-0.05, 0) is 35.2 Å². The standard InChI is InChI=1S/C20H17N3O/c24-20-11-16-10-15(7-8-18(16)23-20)17-12-21-19(22-13-17)9-6-14-4-2-1-3-5-14/h1-5,7-8,10,12-13H,6,9,11H2,(H,23,24). The van der Waals surface area contributed by atoms with Crippen LogP contribution in [-0.4, -0.2) is 15.9 Å². The van der Waals surface area contributed by atoms with Crippen molar-refractivity contribution in [2.45, 2.75) is 19.3 Å². The number of fused-ring (bicyclic) bond motifs is 1. The lowest BCUT2D eigenvalue weighted by Gasteiger charge is -2.05. The molecular formula is C20H17N3O. The van der Waals surface area contributed by atoms with Crippen LogP contribution in [0, 0.1) is 0 Å². The normalized spacial score (nSPS) is 12.8. The van der Waals surface area contributed by atoms with E-state index in [2.05, 4.69) is 27.4 Å². The molecule has 1 aliphatic rings. The molecule has 3 aromatic rings. The average molecular weight is 315 g/mol. The van der Waals surface area contributed by atoms with E-state index in [-0.39, 0.29) is 5.91 Å². The second-order valence-corrected chi connectivity index (χ2v) is 5.97. The highest BCUT2D eigenvalue weighted by atomic mass is 16.1. The number of aromatic nitrogens is 2. The third-order valence-corrected chi connectivity index (χ3v) is 4.25. The number of aryl methyl sites for hydroxylation is 2. The van der Waals surface area contributed by atoms with Crippen LogP contribution in [-0.2, 0) is 24.1 Å². The van der Waals surface area contributed by atoms with Gasteiger partial charge in [0, 0.05) is 30.1 Å². The highest BCUT2D eigenvalue weighted by molar-refractivity contribution is 5.99.